The first-order valence-electron chi connectivity index (χ1n) is 9.96. The van der Waals surface area contributed by atoms with E-state index in [1.165, 1.54) is 10.4 Å². The molecule has 1 amide bonds. The highest BCUT2D eigenvalue weighted by molar-refractivity contribution is 7.89. The fraction of sp³-hybridized carbons (Fsp3) is 0.684. The first kappa shape index (κ1) is 23.9. The van der Waals surface area contributed by atoms with Gasteiger partial charge in [0.1, 0.15) is 5.15 Å². The third kappa shape index (κ3) is 6.80. The molecule has 2 heterocycles. The van der Waals surface area contributed by atoms with E-state index in [1.54, 1.807) is 10.8 Å². The molecule has 2 atom stereocenters. The lowest BCUT2D eigenvalue weighted by Crippen LogP contribution is -2.49. The molecule has 1 aromatic rings. The van der Waals surface area contributed by atoms with Crippen molar-refractivity contribution in [1.29, 1.82) is 0 Å². The molecule has 164 valence electrons. The number of carbonyl (C=O) groups is 1. The first-order valence-corrected chi connectivity index (χ1v) is 11.9. The minimum Gasteiger partial charge on any atom is -0.373 e. The summed E-state index contributed by atoms with van der Waals surface area (Å²) in [5, 5.41) is 7.51. The predicted octanol–water partition coefficient (Wildman–Crippen LogP) is 2.21. The third-order valence-corrected chi connectivity index (χ3v) is 6.88. The van der Waals surface area contributed by atoms with Gasteiger partial charge in [0.15, 0.2) is 0 Å². The normalized spacial score (nSPS) is 21.0. The zero-order valence-corrected chi connectivity index (χ0v) is 19.1. The molecule has 1 aromatic heterocycles. The number of nitrogens with zero attached hydrogens (tertiary/aromatic N) is 3. The molecule has 0 bridgehead atoms. The summed E-state index contributed by atoms with van der Waals surface area (Å²) in [5.41, 5.74) is 1.44. The predicted molar refractivity (Wildman–Crippen MR) is 114 cm³/mol. The number of hydrogen-bond donors (Lipinski definition) is 1. The smallest absolute Gasteiger partial charge is 0.244 e. The Morgan fingerprint density at radius 3 is 2.62 bits per heavy atom. The Kier molecular flexibility index (Phi) is 8.69. The van der Waals surface area contributed by atoms with E-state index < -0.39 is 10.0 Å². The van der Waals surface area contributed by atoms with Crippen LogP contribution in [0.15, 0.2) is 6.08 Å². The van der Waals surface area contributed by atoms with Crippen LogP contribution in [0.1, 0.15) is 44.9 Å². The summed E-state index contributed by atoms with van der Waals surface area (Å²) in [6, 6.07) is 0. The van der Waals surface area contributed by atoms with Crippen molar-refractivity contribution in [3.05, 3.63) is 22.5 Å². The summed E-state index contributed by atoms with van der Waals surface area (Å²) in [6.45, 7) is 9.06. The maximum Gasteiger partial charge on any atom is 0.244 e. The van der Waals surface area contributed by atoms with E-state index in [0.717, 1.165) is 25.1 Å². The Hall–Kier alpha value is -1.42. The Morgan fingerprint density at radius 2 is 2.00 bits per heavy atom. The second-order valence-electron chi connectivity index (χ2n) is 7.38. The molecule has 8 nitrogen and oxygen atoms in total. The van der Waals surface area contributed by atoms with Crippen LogP contribution in [0, 0.1) is 6.92 Å². The average molecular weight is 447 g/mol. The van der Waals surface area contributed by atoms with E-state index in [0.29, 0.717) is 23.8 Å². The molecule has 0 saturated carbocycles. The van der Waals surface area contributed by atoms with Crippen LogP contribution in [0.25, 0.3) is 6.08 Å². The summed E-state index contributed by atoms with van der Waals surface area (Å²) in [6.07, 6.45) is 4.69. The van der Waals surface area contributed by atoms with Crippen LogP contribution in [0.3, 0.4) is 0 Å². The Labute approximate surface area is 178 Å². The molecule has 1 fully saturated rings. The Balaban J connectivity index is 1.88. The molecular formula is C19H31ClN4O4S. The molecule has 0 aliphatic carbocycles. The van der Waals surface area contributed by atoms with Gasteiger partial charge in [0.25, 0.3) is 0 Å². The monoisotopic (exact) mass is 446 g/mol. The molecule has 1 N–H and O–H groups in total. The number of nitrogens with one attached hydrogen (secondary N) is 1. The van der Waals surface area contributed by atoms with Gasteiger partial charge < -0.3 is 10.1 Å². The average Bonchev–Trinajstić information content (AvgIpc) is 2.90. The van der Waals surface area contributed by atoms with Gasteiger partial charge in [0, 0.05) is 37.8 Å². The molecule has 0 radical (unpaired) electrons. The van der Waals surface area contributed by atoms with Gasteiger partial charge in [-0.25, -0.2) is 8.42 Å². The maximum atomic E-state index is 12.5. The van der Waals surface area contributed by atoms with Gasteiger partial charge in [-0.1, -0.05) is 24.9 Å². The largest absolute Gasteiger partial charge is 0.373 e. The maximum absolute atomic E-state index is 12.5. The summed E-state index contributed by atoms with van der Waals surface area (Å²) in [4.78, 5) is 12.1. The fourth-order valence-electron chi connectivity index (χ4n) is 3.22. The highest BCUT2D eigenvalue weighted by atomic mass is 35.5. The van der Waals surface area contributed by atoms with Gasteiger partial charge >= 0.3 is 0 Å². The van der Waals surface area contributed by atoms with Gasteiger partial charge in [-0.05, 0) is 33.3 Å². The van der Waals surface area contributed by atoms with E-state index in [-0.39, 0.29) is 30.4 Å². The molecule has 1 saturated heterocycles. The lowest BCUT2D eigenvalue weighted by atomic mass is 10.2. The van der Waals surface area contributed by atoms with Gasteiger partial charge in [-0.3, -0.25) is 9.48 Å². The van der Waals surface area contributed by atoms with Crippen LogP contribution in [-0.2, 0) is 26.1 Å². The number of aryl methyl sites for hydroxylation is 2. The van der Waals surface area contributed by atoms with Crippen LogP contribution in [-0.4, -0.2) is 66.0 Å². The second kappa shape index (κ2) is 10.6. The highest BCUT2D eigenvalue weighted by Gasteiger charge is 2.30. The number of carbonyl (C=O) groups excluding carboxylic acids is 1. The number of sulfonamides is 1. The topological polar surface area (TPSA) is 93.5 Å². The van der Waals surface area contributed by atoms with Gasteiger partial charge in [-0.15, -0.1) is 0 Å². The van der Waals surface area contributed by atoms with Crippen molar-refractivity contribution in [2.75, 3.05) is 25.4 Å². The number of halogens is 1. The van der Waals surface area contributed by atoms with Crippen molar-refractivity contribution in [3.63, 3.8) is 0 Å². The number of rotatable bonds is 9. The molecule has 0 spiro atoms. The lowest BCUT2D eigenvalue weighted by Gasteiger charge is -2.34. The number of morpholine rings is 1. The van der Waals surface area contributed by atoms with Crippen LogP contribution < -0.4 is 5.32 Å². The van der Waals surface area contributed by atoms with E-state index >= 15 is 0 Å². The quantitative estimate of drug-likeness (QED) is 0.587. The molecule has 1 aliphatic heterocycles. The SMILES string of the molecule is CCCCn1nc(C)c(/C=C/C(=O)NCCS(=O)(=O)N2CC(C)OC(C)C2)c1Cl. The van der Waals surface area contributed by atoms with E-state index in [1.807, 2.05) is 20.8 Å². The fourth-order valence-corrected chi connectivity index (χ4v) is 5.04. The molecule has 0 aromatic carbocycles. The molecular weight excluding hydrogens is 416 g/mol. The standard InChI is InChI=1S/C19H31ClN4O4S/c1-5-6-10-24-19(20)17(16(4)22-24)7-8-18(25)21-9-11-29(26,27)23-12-14(2)28-15(3)13-23/h7-8,14-15H,5-6,9-13H2,1-4H3,(H,21,25)/b8-7+. The van der Waals surface area contributed by atoms with Crippen molar-refractivity contribution in [3.8, 4) is 0 Å². The van der Waals surface area contributed by atoms with Crippen LogP contribution in [0.2, 0.25) is 5.15 Å². The third-order valence-electron chi connectivity index (χ3n) is 4.67. The van der Waals surface area contributed by atoms with Gasteiger partial charge in [0.2, 0.25) is 15.9 Å². The van der Waals surface area contributed by atoms with E-state index in [9.17, 15) is 13.2 Å². The summed E-state index contributed by atoms with van der Waals surface area (Å²) in [5.74, 6) is -0.526. The number of ether oxygens (including phenoxy) is 1. The molecule has 2 rings (SSSR count). The Morgan fingerprint density at radius 1 is 1.34 bits per heavy atom. The molecule has 1 aliphatic rings. The number of unbranched alkanes of at least 4 members (excludes halogenated alkanes) is 1. The molecule has 10 heteroatoms. The number of amides is 1. The van der Waals surface area contributed by atoms with Crippen molar-refractivity contribution < 1.29 is 17.9 Å². The van der Waals surface area contributed by atoms with Crippen molar-refractivity contribution >= 4 is 33.6 Å². The number of aromatic nitrogens is 2. The van der Waals surface area contributed by atoms with Crippen LogP contribution >= 0.6 is 11.6 Å². The van der Waals surface area contributed by atoms with Crippen LogP contribution in [0.4, 0.5) is 0 Å². The summed E-state index contributed by atoms with van der Waals surface area (Å²) in [7, 11) is -3.45. The lowest BCUT2D eigenvalue weighted by molar-refractivity contribution is -0.116. The summed E-state index contributed by atoms with van der Waals surface area (Å²) >= 11 is 6.35. The van der Waals surface area contributed by atoms with Crippen molar-refractivity contribution in [1.82, 2.24) is 19.4 Å². The van der Waals surface area contributed by atoms with E-state index in [4.69, 9.17) is 16.3 Å². The van der Waals surface area contributed by atoms with Crippen molar-refractivity contribution in [2.45, 2.75) is 59.3 Å². The minimum absolute atomic E-state index is 0.0358. The van der Waals surface area contributed by atoms with E-state index in [2.05, 4.69) is 17.3 Å². The summed E-state index contributed by atoms with van der Waals surface area (Å²) < 4.78 is 33.7. The van der Waals surface area contributed by atoms with Crippen molar-refractivity contribution in [2.24, 2.45) is 0 Å². The zero-order valence-electron chi connectivity index (χ0n) is 17.5. The van der Waals surface area contributed by atoms with Gasteiger partial charge in [-0.2, -0.15) is 9.40 Å². The number of hydrogen-bond acceptors (Lipinski definition) is 5. The molecule has 2 unspecified atom stereocenters. The van der Waals surface area contributed by atoms with Gasteiger partial charge in [0.05, 0.1) is 23.7 Å². The minimum atomic E-state index is -3.45. The zero-order chi connectivity index (χ0) is 21.6. The Bertz CT molecular complexity index is 828. The highest BCUT2D eigenvalue weighted by Crippen LogP contribution is 2.21. The van der Waals surface area contributed by atoms with Crippen LogP contribution in [0.5, 0.6) is 0 Å². The second-order valence-corrected chi connectivity index (χ2v) is 9.83. The first-order chi connectivity index (χ1) is 13.6. The molecule has 29 heavy (non-hydrogen) atoms.